The lowest BCUT2D eigenvalue weighted by Crippen LogP contribution is -2.17. The first kappa shape index (κ1) is 15.4. The highest BCUT2D eigenvalue weighted by molar-refractivity contribution is 6.34. The fourth-order valence-electron chi connectivity index (χ4n) is 2.07. The zero-order valence-corrected chi connectivity index (χ0v) is 13.3. The van der Waals surface area contributed by atoms with Crippen molar-refractivity contribution in [3.05, 3.63) is 34.9 Å². The van der Waals surface area contributed by atoms with Gasteiger partial charge in [-0.05, 0) is 0 Å². The quantitative estimate of drug-likeness (QED) is 0.837. The Morgan fingerprint density at radius 1 is 1.35 bits per heavy atom. The van der Waals surface area contributed by atoms with Crippen molar-refractivity contribution in [1.82, 2.24) is 9.97 Å². The van der Waals surface area contributed by atoms with Crippen molar-refractivity contribution in [3.63, 3.8) is 0 Å². The predicted molar refractivity (Wildman–Crippen MR) is 86.1 cm³/mol. The predicted octanol–water partition coefficient (Wildman–Crippen LogP) is 2.82. The molecule has 2 heterocycles. The van der Waals surface area contributed by atoms with Crippen molar-refractivity contribution >= 4 is 28.9 Å². The molecule has 0 bridgehead atoms. The summed E-state index contributed by atoms with van der Waals surface area (Å²) in [4.78, 5) is 20.8. The monoisotopic (exact) mass is 334 g/mol. The number of nitrogens with two attached hydrogens (primary N) is 1. The summed E-state index contributed by atoms with van der Waals surface area (Å²) < 4.78 is 10.5. The Kier molecular flexibility index (Phi) is 3.96. The number of nitrogens with zero attached hydrogens (tertiary/aromatic N) is 2. The zero-order chi connectivity index (χ0) is 16.6. The van der Waals surface area contributed by atoms with Crippen LogP contribution in [0.1, 0.15) is 36.1 Å². The number of benzene rings is 1. The van der Waals surface area contributed by atoms with E-state index in [-0.39, 0.29) is 23.4 Å². The van der Waals surface area contributed by atoms with E-state index in [1.54, 1.807) is 12.1 Å². The first-order valence-electron chi connectivity index (χ1n) is 6.98. The fourth-order valence-corrected chi connectivity index (χ4v) is 2.24. The largest absolute Gasteiger partial charge is 0.454 e. The minimum atomic E-state index is -0.468. The maximum atomic E-state index is 12.4. The molecule has 1 aliphatic heterocycles. The summed E-state index contributed by atoms with van der Waals surface area (Å²) in [6, 6.07) is 3.20. The highest BCUT2D eigenvalue weighted by Crippen LogP contribution is 2.38. The molecule has 0 radical (unpaired) electrons. The van der Waals surface area contributed by atoms with Gasteiger partial charge in [0, 0.05) is 18.1 Å². The number of carbonyl (C=O) groups is 1. The van der Waals surface area contributed by atoms with Gasteiger partial charge in [-0.1, -0.05) is 25.4 Å². The smallest absolute Gasteiger partial charge is 0.276 e. The first-order valence-corrected chi connectivity index (χ1v) is 7.36. The summed E-state index contributed by atoms with van der Waals surface area (Å²) in [5, 5.41) is 2.86. The molecule has 0 spiro atoms. The number of halogens is 1. The number of nitrogen functional groups attached to an aromatic ring is 1. The van der Waals surface area contributed by atoms with Gasteiger partial charge in [0.1, 0.15) is 5.82 Å². The normalized spacial score (nSPS) is 12.5. The number of hydrogen-bond acceptors (Lipinski definition) is 6. The molecule has 3 rings (SSSR count). The Bertz CT molecular complexity index is 780. The molecule has 0 unspecified atom stereocenters. The maximum Gasteiger partial charge on any atom is 0.276 e. The molecule has 1 amide bonds. The second kappa shape index (κ2) is 5.92. The molecule has 1 aromatic carbocycles. The Balaban J connectivity index is 1.89. The van der Waals surface area contributed by atoms with E-state index >= 15 is 0 Å². The topological polar surface area (TPSA) is 99.4 Å². The Hall–Kier alpha value is -2.54. The highest BCUT2D eigenvalue weighted by Gasteiger charge is 2.20. The number of anilines is 2. The summed E-state index contributed by atoms with van der Waals surface area (Å²) in [5.41, 5.74) is 6.78. The number of hydrogen-bond donors (Lipinski definition) is 2. The van der Waals surface area contributed by atoms with Crippen LogP contribution >= 0.6 is 11.6 Å². The molecular weight excluding hydrogens is 320 g/mol. The van der Waals surface area contributed by atoms with Crippen LogP contribution in [0.15, 0.2) is 18.3 Å². The van der Waals surface area contributed by atoms with Crippen LogP contribution in [-0.4, -0.2) is 22.7 Å². The molecule has 0 aliphatic carbocycles. The summed E-state index contributed by atoms with van der Waals surface area (Å²) in [5.74, 6) is 1.21. The Labute approximate surface area is 137 Å². The van der Waals surface area contributed by atoms with Gasteiger partial charge in [0.15, 0.2) is 17.2 Å². The van der Waals surface area contributed by atoms with E-state index in [4.69, 9.17) is 26.8 Å². The molecule has 7 nitrogen and oxygen atoms in total. The lowest BCUT2D eigenvalue weighted by atomic mass is 10.2. The van der Waals surface area contributed by atoms with E-state index in [0.717, 1.165) is 0 Å². The van der Waals surface area contributed by atoms with Crippen molar-refractivity contribution in [3.8, 4) is 11.5 Å². The Morgan fingerprint density at radius 3 is 2.74 bits per heavy atom. The second-order valence-electron chi connectivity index (χ2n) is 5.33. The van der Waals surface area contributed by atoms with Crippen LogP contribution in [0.25, 0.3) is 0 Å². The van der Waals surface area contributed by atoms with Gasteiger partial charge in [-0.3, -0.25) is 4.79 Å². The van der Waals surface area contributed by atoms with Gasteiger partial charge in [0.2, 0.25) is 6.79 Å². The molecule has 0 saturated heterocycles. The number of ether oxygens (including phenoxy) is 2. The fraction of sp³-hybridized carbons (Fsp3) is 0.267. The maximum absolute atomic E-state index is 12.4. The SMILES string of the molecule is CC(C)c1ncc(Cl)c(C(=O)Nc2cc3c(cc2N)OCO3)n1. The number of aromatic nitrogens is 2. The molecule has 2 aromatic rings. The average Bonchev–Trinajstić information content (AvgIpc) is 2.94. The number of fused-ring (bicyclic) bond motifs is 1. The minimum Gasteiger partial charge on any atom is -0.454 e. The van der Waals surface area contributed by atoms with E-state index in [9.17, 15) is 4.79 Å². The second-order valence-corrected chi connectivity index (χ2v) is 5.73. The Morgan fingerprint density at radius 2 is 2.04 bits per heavy atom. The van der Waals surface area contributed by atoms with Crippen LogP contribution in [0.5, 0.6) is 11.5 Å². The van der Waals surface area contributed by atoms with Crippen LogP contribution < -0.4 is 20.5 Å². The number of rotatable bonds is 3. The first-order chi connectivity index (χ1) is 11.0. The van der Waals surface area contributed by atoms with Gasteiger partial charge in [-0.25, -0.2) is 9.97 Å². The molecule has 120 valence electrons. The summed E-state index contributed by atoms with van der Waals surface area (Å²) in [6.45, 7) is 3.99. The summed E-state index contributed by atoms with van der Waals surface area (Å²) in [6.07, 6.45) is 1.42. The third-order valence-corrected chi connectivity index (χ3v) is 3.56. The molecule has 8 heteroatoms. The average molecular weight is 335 g/mol. The highest BCUT2D eigenvalue weighted by atomic mass is 35.5. The van der Waals surface area contributed by atoms with Crippen molar-refractivity contribution in [1.29, 1.82) is 0 Å². The van der Waals surface area contributed by atoms with Gasteiger partial charge in [-0.2, -0.15) is 0 Å². The van der Waals surface area contributed by atoms with Crippen molar-refractivity contribution in [2.75, 3.05) is 17.8 Å². The number of nitrogens with one attached hydrogen (secondary N) is 1. The van der Waals surface area contributed by atoms with E-state index in [1.807, 2.05) is 13.8 Å². The molecule has 1 aliphatic rings. The van der Waals surface area contributed by atoms with Crippen molar-refractivity contribution in [2.45, 2.75) is 19.8 Å². The van der Waals surface area contributed by atoms with Gasteiger partial charge in [0.05, 0.1) is 22.6 Å². The third kappa shape index (κ3) is 3.00. The molecule has 1 aromatic heterocycles. The molecule has 23 heavy (non-hydrogen) atoms. The van der Waals surface area contributed by atoms with Crippen LogP contribution in [0.2, 0.25) is 5.02 Å². The van der Waals surface area contributed by atoms with Gasteiger partial charge >= 0.3 is 0 Å². The number of amides is 1. The minimum absolute atomic E-state index is 0.0782. The van der Waals surface area contributed by atoms with Crippen LogP contribution in [0.3, 0.4) is 0 Å². The van der Waals surface area contributed by atoms with E-state index < -0.39 is 5.91 Å². The van der Waals surface area contributed by atoms with E-state index in [1.165, 1.54) is 6.20 Å². The van der Waals surface area contributed by atoms with Crippen molar-refractivity contribution in [2.24, 2.45) is 0 Å². The van der Waals surface area contributed by atoms with Crippen LogP contribution in [0, 0.1) is 0 Å². The summed E-state index contributed by atoms with van der Waals surface area (Å²) >= 11 is 6.03. The van der Waals surface area contributed by atoms with Crippen LogP contribution in [-0.2, 0) is 0 Å². The molecule has 0 atom stereocenters. The molecule has 0 fully saturated rings. The lowest BCUT2D eigenvalue weighted by molar-refractivity contribution is 0.102. The van der Waals surface area contributed by atoms with Gasteiger partial charge in [0.25, 0.3) is 5.91 Å². The van der Waals surface area contributed by atoms with Crippen molar-refractivity contribution < 1.29 is 14.3 Å². The molecule has 0 saturated carbocycles. The van der Waals surface area contributed by atoms with Gasteiger partial charge < -0.3 is 20.5 Å². The number of carbonyl (C=O) groups excluding carboxylic acids is 1. The lowest BCUT2D eigenvalue weighted by Gasteiger charge is -2.11. The molecular formula is C15H15ClN4O3. The van der Waals surface area contributed by atoms with Crippen LogP contribution in [0.4, 0.5) is 11.4 Å². The van der Waals surface area contributed by atoms with E-state index in [2.05, 4.69) is 15.3 Å². The third-order valence-electron chi connectivity index (χ3n) is 3.29. The summed E-state index contributed by atoms with van der Waals surface area (Å²) in [7, 11) is 0. The van der Waals surface area contributed by atoms with E-state index in [0.29, 0.717) is 28.7 Å². The standard InChI is InChI=1S/C15H15ClN4O3/c1-7(2)14-18-5-8(16)13(20-14)15(21)19-10-4-12-11(3-9(10)17)22-6-23-12/h3-5,7H,6,17H2,1-2H3,(H,19,21). The van der Waals surface area contributed by atoms with Gasteiger partial charge in [-0.15, -0.1) is 0 Å². The zero-order valence-electron chi connectivity index (χ0n) is 12.6. The molecule has 3 N–H and O–H groups in total.